The maximum absolute atomic E-state index is 12.3. The summed E-state index contributed by atoms with van der Waals surface area (Å²) in [5, 5.41) is 3.88. The van der Waals surface area contributed by atoms with E-state index in [1.54, 1.807) is 0 Å². The first-order valence-electron chi connectivity index (χ1n) is 8.23. The summed E-state index contributed by atoms with van der Waals surface area (Å²) in [5.74, 6) is 1.22. The van der Waals surface area contributed by atoms with E-state index >= 15 is 0 Å². The second kappa shape index (κ2) is 5.90. The predicted octanol–water partition coefficient (Wildman–Crippen LogP) is 2.53. The second-order valence-corrected chi connectivity index (χ2v) is 7.03. The molecule has 5 nitrogen and oxygen atoms in total. The smallest absolute Gasteiger partial charge is 0.265 e. The summed E-state index contributed by atoms with van der Waals surface area (Å²) in [6.07, 6.45) is 0. The van der Waals surface area contributed by atoms with Crippen LogP contribution in [0.5, 0.6) is 5.75 Å². The summed E-state index contributed by atoms with van der Waals surface area (Å²) in [4.78, 5) is 18.6. The number of nitrogens with zero attached hydrogens (tertiary/aromatic N) is 2. The normalized spacial score (nSPS) is 20.7. The molecule has 1 aromatic rings. The Morgan fingerprint density at radius 1 is 1.38 bits per heavy atom. The van der Waals surface area contributed by atoms with Crippen LogP contribution in [-0.4, -0.2) is 44.4 Å². The van der Waals surface area contributed by atoms with Crippen molar-refractivity contribution in [3.05, 3.63) is 28.3 Å². The zero-order valence-corrected chi connectivity index (χ0v) is 14.6. The molecule has 4 rings (SSSR count). The van der Waals surface area contributed by atoms with Crippen molar-refractivity contribution in [1.82, 2.24) is 5.32 Å². The summed E-state index contributed by atoms with van der Waals surface area (Å²) in [5.41, 5.74) is 5.08. The number of fused-ring (bicyclic) bond motifs is 1. The minimum Gasteiger partial charge on any atom is -0.482 e. The number of nitrogens with one attached hydrogen (secondary N) is 1. The molecule has 3 aliphatic heterocycles. The zero-order chi connectivity index (χ0) is 16.8. The van der Waals surface area contributed by atoms with Gasteiger partial charge in [-0.3, -0.25) is 9.79 Å². The van der Waals surface area contributed by atoms with Crippen LogP contribution in [0.25, 0.3) is 5.57 Å². The van der Waals surface area contributed by atoms with Crippen molar-refractivity contribution in [3.63, 3.8) is 0 Å². The molecule has 1 fully saturated rings. The first-order chi connectivity index (χ1) is 11.5. The van der Waals surface area contributed by atoms with Crippen LogP contribution in [0.2, 0.25) is 5.02 Å². The number of aliphatic imine (C=N–C) groups is 1. The number of anilines is 1. The van der Waals surface area contributed by atoms with E-state index in [0.29, 0.717) is 24.0 Å². The Labute approximate surface area is 146 Å². The topological polar surface area (TPSA) is 53.9 Å². The van der Waals surface area contributed by atoms with Crippen molar-refractivity contribution < 1.29 is 9.53 Å². The van der Waals surface area contributed by atoms with Crippen LogP contribution in [0.1, 0.15) is 19.4 Å². The van der Waals surface area contributed by atoms with Gasteiger partial charge >= 0.3 is 0 Å². The average Bonchev–Trinajstić information content (AvgIpc) is 2.84. The molecular weight excluding hydrogens is 326 g/mol. The maximum atomic E-state index is 12.3. The molecule has 1 N–H and O–H groups in total. The van der Waals surface area contributed by atoms with Gasteiger partial charge in [0.2, 0.25) is 0 Å². The number of amides is 1. The van der Waals surface area contributed by atoms with Gasteiger partial charge in [0.15, 0.2) is 6.61 Å². The van der Waals surface area contributed by atoms with Gasteiger partial charge in [-0.2, -0.15) is 0 Å². The Bertz CT molecular complexity index is 781. The Hall–Kier alpha value is -1.85. The Morgan fingerprint density at radius 2 is 2.17 bits per heavy atom. The number of halogens is 1. The molecule has 3 aliphatic rings. The molecule has 0 bridgehead atoms. The van der Waals surface area contributed by atoms with Crippen LogP contribution in [0.15, 0.2) is 22.7 Å². The number of ether oxygens (including phenoxy) is 1. The fourth-order valence-corrected chi connectivity index (χ4v) is 3.60. The van der Waals surface area contributed by atoms with Gasteiger partial charge in [-0.05, 0) is 37.1 Å². The molecule has 0 aromatic heterocycles. The van der Waals surface area contributed by atoms with Crippen LogP contribution >= 0.6 is 11.6 Å². The predicted molar refractivity (Wildman–Crippen MR) is 96.2 cm³/mol. The number of allylic oxidation sites excluding steroid dienone is 1. The number of carbonyl (C=O) groups excluding carboxylic acids is 1. The number of benzene rings is 1. The molecule has 0 radical (unpaired) electrons. The molecule has 1 amide bonds. The van der Waals surface area contributed by atoms with Crippen LogP contribution in [-0.2, 0) is 4.79 Å². The van der Waals surface area contributed by atoms with E-state index in [1.807, 2.05) is 24.0 Å². The molecule has 0 unspecified atom stereocenters. The third kappa shape index (κ3) is 2.52. The van der Waals surface area contributed by atoms with Gasteiger partial charge in [0.25, 0.3) is 5.91 Å². The highest BCUT2D eigenvalue weighted by atomic mass is 35.5. The lowest BCUT2D eigenvalue weighted by atomic mass is 9.98. The molecule has 6 heteroatoms. The quantitative estimate of drug-likeness (QED) is 0.916. The molecule has 1 saturated heterocycles. The van der Waals surface area contributed by atoms with E-state index in [1.165, 1.54) is 5.57 Å². The number of carbonyl (C=O) groups is 1. The minimum absolute atomic E-state index is 0.00587. The van der Waals surface area contributed by atoms with E-state index in [9.17, 15) is 4.79 Å². The Kier molecular flexibility index (Phi) is 3.85. The minimum atomic E-state index is -0.00587. The largest absolute Gasteiger partial charge is 0.482 e. The molecule has 24 heavy (non-hydrogen) atoms. The second-order valence-electron chi connectivity index (χ2n) is 6.62. The highest BCUT2D eigenvalue weighted by Crippen LogP contribution is 2.41. The lowest BCUT2D eigenvalue weighted by Crippen LogP contribution is -2.51. The lowest BCUT2D eigenvalue weighted by molar-refractivity contribution is -0.121. The third-order valence-corrected chi connectivity index (χ3v) is 5.41. The maximum Gasteiger partial charge on any atom is 0.265 e. The average molecular weight is 346 g/mol. The van der Waals surface area contributed by atoms with Crippen LogP contribution in [0.3, 0.4) is 0 Å². The van der Waals surface area contributed by atoms with Crippen LogP contribution in [0, 0.1) is 5.92 Å². The lowest BCUT2D eigenvalue weighted by Gasteiger charge is -2.36. The van der Waals surface area contributed by atoms with Crippen molar-refractivity contribution in [2.75, 3.05) is 37.7 Å². The van der Waals surface area contributed by atoms with E-state index in [-0.39, 0.29) is 12.5 Å². The number of hydrogen-bond acceptors (Lipinski definition) is 4. The number of hydrogen-bond donors (Lipinski definition) is 1. The van der Waals surface area contributed by atoms with Crippen molar-refractivity contribution in [1.29, 1.82) is 0 Å². The summed E-state index contributed by atoms with van der Waals surface area (Å²) in [7, 11) is 0. The highest BCUT2D eigenvalue weighted by Gasteiger charge is 2.31. The number of rotatable bonds is 3. The fraction of sp³-hybridized carbons (Fsp3) is 0.444. The summed E-state index contributed by atoms with van der Waals surface area (Å²) in [6, 6.07) is 3.83. The van der Waals surface area contributed by atoms with Crippen LogP contribution in [0.4, 0.5) is 5.69 Å². The van der Waals surface area contributed by atoms with Gasteiger partial charge in [-0.25, -0.2) is 0 Å². The van der Waals surface area contributed by atoms with Crippen molar-refractivity contribution in [3.8, 4) is 5.75 Å². The van der Waals surface area contributed by atoms with E-state index in [4.69, 9.17) is 16.3 Å². The first-order valence-corrected chi connectivity index (χ1v) is 8.61. The molecule has 1 aromatic carbocycles. The SMILES string of the molecule is CC1=NCC(c2cc3c(cc2Cl)N(CC2CNC2)C(=O)CO3)=C1C. The molecule has 0 atom stereocenters. The summed E-state index contributed by atoms with van der Waals surface area (Å²) < 4.78 is 5.69. The molecular formula is C18H20ClN3O2. The highest BCUT2D eigenvalue weighted by molar-refractivity contribution is 6.33. The van der Waals surface area contributed by atoms with Crippen LogP contribution < -0.4 is 15.0 Å². The Morgan fingerprint density at radius 3 is 2.79 bits per heavy atom. The van der Waals surface area contributed by atoms with Crippen molar-refractivity contribution in [2.45, 2.75) is 13.8 Å². The van der Waals surface area contributed by atoms with Gasteiger partial charge in [0, 0.05) is 36.8 Å². The summed E-state index contributed by atoms with van der Waals surface area (Å²) in [6.45, 7) is 7.43. The summed E-state index contributed by atoms with van der Waals surface area (Å²) >= 11 is 6.56. The van der Waals surface area contributed by atoms with Gasteiger partial charge in [-0.1, -0.05) is 11.6 Å². The Balaban J connectivity index is 1.71. The third-order valence-electron chi connectivity index (χ3n) is 5.09. The monoisotopic (exact) mass is 345 g/mol. The van der Waals surface area contributed by atoms with Gasteiger partial charge < -0.3 is 15.0 Å². The molecule has 3 heterocycles. The van der Waals surface area contributed by atoms with E-state index in [2.05, 4.69) is 17.2 Å². The molecule has 126 valence electrons. The van der Waals surface area contributed by atoms with Crippen molar-refractivity contribution >= 4 is 34.5 Å². The molecule has 0 saturated carbocycles. The fourth-order valence-electron chi connectivity index (χ4n) is 3.33. The molecule has 0 aliphatic carbocycles. The zero-order valence-electron chi connectivity index (χ0n) is 13.9. The van der Waals surface area contributed by atoms with E-state index in [0.717, 1.165) is 41.4 Å². The first kappa shape index (κ1) is 15.7. The van der Waals surface area contributed by atoms with E-state index < -0.39 is 0 Å². The van der Waals surface area contributed by atoms with Crippen molar-refractivity contribution in [2.24, 2.45) is 10.9 Å². The van der Waals surface area contributed by atoms with Gasteiger partial charge in [-0.15, -0.1) is 0 Å². The van der Waals surface area contributed by atoms with Gasteiger partial charge in [0.05, 0.1) is 17.3 Å². The standard InChI is InChI=1S/C18H20ClN3O2/c1-10-11(2)21-7-14(10)13-3-17-16(4-15(13)19)22(18(23)9-24-17)8-12-5-20-6-12/h3-4,12,20H,5-9H2,1-2H3. The molecule has 0 spiro atoms. The van der Waals surface area contributed by atoms with Gasteiger partial charge in [0.1, 0.15) is 5.75 Å².